The van der Waals surface area contributed by atoms with Crippen LogP contribution in [0.2, 0.25) is 0 Å². The molecule has 1 aromatic rings. The Kier molecular flexibility index (Phi) is 7.16. The van der Waals surface area contributed by atoms with Crippen molar-refractivity contribution in [1.29, 1.82) is 0 Å². The van der Waals surface area contributed by atoms with E-state index in [9.17, 15) is 4.79 Å². The van der Waals surface area contributed by atoms with Gasteiger partial charge in [-0.1, -0.05) is 12.1 Å². The molecule has 0 radical (unpaired) electrons. The molecule has 0 fully saturated rings. The maximum absolute atomic E-state index is 10.7. The van der Waals surface area contributed by atoms with Crippen molar-refractivity contribution in [2.75, 3.05) is 5.73 Å². The molecule has 0 heterocycles. The lowest BCUT2D eigenvalue weighted by Gasteiger charge is -2.18. The molecule has 0 aliphatic rings. The molecule has 1 aromatic carbocycles. The minimum Gasteiger partial charge on any atom is -0.480 e. The van der Waals surface area contributed by atoms with E-state index in [2.05, 4.69) is 0 Å². The molecular formula is C10H16Cl2N2O2. The summed E-state index contributed by atoms with van der Waals surface area (Å²) in [5, 5.41) is 8.81. The molecule has 0 saturated heterocycles. The topological polar surface area (TPSA) is 89.3 Å². The quantitative estimate of drug-likeness (QED) is 0.723. The summed E-state index contributed by atoms with van der Waals surface area (Å²) in [6.45, 7) is 1.49. The van der Waals surface area contributed by atoms with E-state index in [0.717, 1.165) is 5.56 Å². The Hall–Kier alpha value is -0.970. The molecule has 0 unspecified atom stereocenters. The van der Waals surface area contributed by atoms with E-state index in [0.29, 0.717) is 12.1 Å². The van der Waals surface area contributed by atoms with Crippen molar-refractivity contribution in [3.8, 4) is 0 Å². The summed E-state index contributed by atoms with van der Waals surface area (Å²) in [6.07, 6.45) is 0.294. The summed E-state index contributed by atoms with van der Waals surface area (Å²) in [6, 6.07) is 7.02. The Bertz CT molecular complexity index is 339. The SMILES string of the molecule is C[C@](N)(Cc1ccc(N)cc1)C(=O)O.Cl.Cl. The second kappa shape index (κ2) is 6.58. The first-order valence-electron chi connectivity index (χ1n) is 4.28. The molecule has 0 aliphatic heterocycles. The number of nitrogen functional groups attached to an aromatic ring is 1. The maximum atomic E-state index is 10.7. The monoisotopic (exact) mass is 266 g/mol. The summed E-state index contributed by atoms with van der Waals surface area (Å²) < 4.78 is 0. The van der Waals surface area contributed by atoms with Crippen LogP contribution in [-0.2, 0) is 11.2 Å². The van der Waals surface area contributed by atoms with Gasteiger partial charge in [0, 0.05) is 12.1 Å². The molecule has 0 bridgehead atoms. The van der Waals surface area contributed by atoms with Crippen LogP contribution in [0, 0.1) is 0 Å². The highest BCUT2D eigenvalue weighted by molar-refractivity contribution is 5.85. The van der Waals surface area contributed by atoms with Gasteiger partial charge in [-0.05, 0) is 24.6 Å². The number of hydrogen-bond acceptors (Lipinski definition) is 3. The van der Waals surface area contributed by atoms with Crippen molar-refractivity contribution in [1.82, 2.24) is 0 Å². The van der Waals surface area contributed by atoms with E-state index in [4.69, 9.17) is 16.6 Å². The number of carbonyl (C=O) groups is 1. The molecule has 0 spiro atoms. The fraction of sp³-hybridized carbons (Fsp3) is 0.300. The molecule has 1 rings (SSSR count). The molecule has 0 aromatic heterocycles. The van der Waals surface area contributed by atoms with E-state index in [1.807, 2.05) is 0 Å². The number of carboxylic acid groups (broad SMARTS) is 1. The van der Waals surface area contributed by atoms with Crippen molar-refractivity contribution in [2.24, 2.45) is 5.73 Å². The first kappa shape index (κ1) is 17.4. The number of aliphatic carboxylic acids is 1. The minimum absolute atomic E-state index is 0. The van der Waals surface area contributed by atoms with Gasteiger partial charge in [-0.2, -0.15) is 0 Å². The van der Waals surface area contributed by atoms with Crippen LogP contribution in [0.4, 0.5) is 5.69 Å². The number of carboxylic acids is 1. The average molecular weight is 267 g/mol. The highest BCUT2D eigenvalue weighted by Crippen LogP contribution is 2.12. The predicted molar refractivity (Wildman–Crippen MR) is 69.3 cm³/mol. The normalized spacial score (nSPS) is 12.9. The molecule has 16 heavy (non-hydrogen) atoms. The lowest BCUT2D eigenvalue weighted by Crippen LogP contribution is -2.46. The van der Waals surface area contributed by atoms with Crippen LogP contribution in [0.15, 0.2) is 24.3 Å². The van der Waals surface area contributed by atoms with Gasteiger partial charge >= 0.3 is 5.97 Å². The number of benzene rings is 1. The Morgan fingerprint density at radius 1 is 1.31 bits per heavy atom. The summed E-state index contributed by atoms with van der Waals surface area (Å²) in [5.41, 5.74) is 11.4. The summed E-state index contributed by atoms with van der Waals surface area (Å²) in [7, 11) is 0. The van der Waals surface area contributed by atoms with Crippen molar-refractivity contribution in [3.05, 3.63) is 29.8 Å². The smallest absolute Gasteiger partial charge is 0.323 e. The fourth-order valence-corrected chi connectivity index (χ4v) is 1.14. The van der Waals surface area contributed by atoms with Gasteiger partial charge in [0.2, 0.25) is 0 Å². The number of halogens is 2. The van der Waals surface area contributed by atoms with Gasteiger partial charge in [-0.15, -0.1) is 24.8 Å². The van der Waals surface area contributed by atoms with Crippen LogP contribution >= 0.6 is 24.8 Å². The van der Waals surface area contributed by atoms with Crippen molar-refractivity contribution in [2.45, 2.75) is 18.9 Å². The molecule has 92 valence electrons. The molecule has 0 amide bonds. The number of rotatable bonds is 3. The maximum Gasteiger partial charge on any atom is 0.323 e. The molecule has 6 heteroatoms. The molecule has 4 nitrogen and oxygen atoms in total. The minimum atomic E-state index is -1.23. The molecule has 5 N–H and O–H groups in total. The number of hydrogen-bond donors (Lipinski definition) is 3. The van der Waals surface area contributed by atoms with Gasteiger partial charge in [0.15, 0.2) is 0 Å². The van der Waals surface area contributed by atoms with E-state index in [-0.39, 0.29) is 24.8 Å². The van der Waals surface area contributed by atoms with Crippen LogP contribution in [0.25, 0.3) is 0 Å². The molecule has 0 aliphatic carbocycles. The summed E-state index contributed by atoms with van der Waals surface area (Å²) >= 11 is 0. The summed E-state index contributed by atoms with van der Waals surface area (Å²) in [5.74, 6) is -1.01. The van der Waals surface area contributed by atoms with Crippen LogP contribution in [0.5, 0.6) is 0 Å². The van der Waals surface area contributed by atoms with E-state index in [1.54, 1.807) is 24.3 Å². The third-order valence-corrected chi connectivity index (χ3v) is 2.04. The Balaban J connectivity index is 0. The second-order valence-electron chi connectivity index (χ2n) is 3.64. The van der Waals surface area contributed by atoms with Crippen molar-refractivity contribution >= 4 is 36.5 Å². The van der Waals surface area contributed by atoms with E-state index < -0.39 is 11.5 Å². The highest BCUT2D eigenvalue weighted by atomic mass is 35.5. The fourth-order valence-electron chi connectivity index (χ4n) is 1.14. The van der Waals surface area contributed by atoms with Gasteiger partial charge in [-0.3, -0.25) is 4.79 Å². The number of anilines is 1. The van der Waals surface area contributed by atoms with Crippen molar-refractivity contribution in [3.63, 3.8) is 0 Å². The molecule has 0 saturated carbocycles. The van der Waals surface area contributed by atoms with Gasteiger partial charge in [0.05, 0.1) is 0 Å². The van der Waals surface area contributed by atoms with E-state index in [1.165, 1.54) is 6.92 Å². The third kappa shape index (κ3) is 4.70. The number of nitrogens with two attached hydrogens (primary N) is 2. The zero-order chi connectivity index (χ0) is 10.8. The van der Waals surface area contributed by atoms with Gasteiger partial charge in [-0.25, -0.2) is 0 Å². The zero-order valence-electron chi connectivity index (χ0n) is 8.84. The Morgan fingerprint density at radius 3 is 2.12 bits per heavy atom. The van der Waals surface area contributed by atoms with Gasteiger partial charge < -0.3 is 16.6 Å². The summed E-state index contributed by atoms with van der Waals surface area (Å²) in [4.78, 5) is 10.7. The van der Waals surface area contributed by atoms with Gasteiger partial charge in [0.25, 0.3) is 0 Å². The molecular weight excluding hydrogens is 251 g/mol. The first-order valence-corrected chi connectivity index (χ1v) is 4.28. The Labute approximate surface area is 107 Å². The standard InChI is InChI=1S/C10H14N2O2.2ClH/c1-10(12,9(13)14)6-7-2-4-8(11)5-3-7;;/h2-5H,6,11-12H2,1H3,(H,13,14);2*1H/t10-;;/m0../s1. The average Bonchev–Trinajstić information content (AvgIpc) is 2.08. The first-order chi connectivity index (χ1) is 6.42. The van der Waals surface area contributed by atoms with Crippen LogP contribution in [0.1, 0.15) is 12.5 Å². The van der Waals surface area contributed by atoms with Crippen molar-refractivity contribution < 1.29 is 9.90 Å². The lowest BCUT2D eigenvalue weighted by atomic mass is 9.94. The molecule has 1 atom stereocenters. The predicted octanol–water partition coefficient (Wildman–Crippen LogP) is 1.46. The zero-order valence-corrected chi connectivity index (χ0v) is 10.5. The van der Waals surface area contributed by atoms with Gasteiger partial charge in [0.1, 0.15) is 5.54 Å². The highest BCUT2D eigenvalue weighted by Gasteiger charge is 2.27. The van der Waals surface area contributed by atoms with Crippen LogP contribution in [0.3, 0.4) is 0 Å². The van der Waals surface area contributed by atoms with E-state index >= 15 is 0 Å². The lowest BCUT2D eigenvalue weighted by molar-refractivity contribution is -0.142. The second-order valence-corrected chi connectivity index (χ2v) is 3.64. The Morgan fingerprint density at radius 2 is 1.75 bits per heavy atom. The third-order valence-electron chi connectivity index (χ3n) is 2.04. The van der Waals surface area contributed by atoms with Crippen LogP contribution in [-0.4, -0.2) is 16.6 Å². The largest absolute Gasteiger partial charge is 0.480 e. The van der Waals surface area contributed by atoms with Crippen LogP contribution < -0.4 is 11.5 Å².